The molecule has 0 radical (unpaired) electrons. The molecule has 0 amide bonds. The molecule has 4 aromatic rings. The number of rotatable bonds is 5. The monoisotopic (exact) mass is 442 g/mol. The molecule has 0 bridgehead atoms. The Balaban J connectivity index is 1.26. The Morgan fingerprint density at radius 1 is 1.00 bits per heavy atom. The highest BCUT2D eigenvalue weighted by Gasteiger charge is 2.29. The van der Waals surface area contributed by atoms with Crippen molar-refractivity contribution in [3.8, 4) is 11.6 Å². The average Bonchev–Trinajstić information content (AvgIpc) is 3.45. The van der Waals surface area contributed by atoms with E-state index in [0.717, 1.165) is 31.7 Å². The van der Waals surface area contributed by atoms with Crippen molar-refractivity contribution in [3.63, 3.8) is 0 Å². The number of nitrogens with zero attached hydrogens (tertiary/aromatic N) is 6. The molecule has 7 nitrogen and oxygen atoms in total. The van der Waals surface area contributed by atoms with Crippen molar-refractivity contribution in [3.05, 3.63) is 61.3 Å². The third kappa shape index (κ3) is 4.25. The Hall–Kier alpha value is -3.56. The van der Waals surface area contributed by atoms with Crippen LogP contribution in [0, 0.1) is 0 Å². The smallest absolute Gasteiger partial charge is 0.406 e. The number of aromatic nitrogens is 5. The van der Waals surface area contributed by atoms with Gasteiger partial charge in [0, 0.05) is 49.9 Å². The van der Waals surface area contributed by atoms with Crippen molar-refractivity contribution in [1.82, 2.24) is 24.3 Å². The lowest BCUT2D eigenvalue weighted by Crippen LogP contribution is -2.38. The van der Waals surface area contributed by atoms with Gasteiger partial charge in [-0.2, -0.15) is 18.3 Å². The van der Waals surface area contributed by atoms with Gasteiger partial charge in [-0.3, -0.25) is 4.98 Å². The SMILES string of the molecule is FC(F)(F)Cn1ccc2c(OC3CCN(c4cncc(-n5cccn5)n4)CC3)cccc21. The first-order chi connectivity index (χ1) is 15.5. The molecular weight excluding hydrogens is 421 g/mol. The zero-order chi connectivity index (χ0) is 22.1. The molecule has 1 saturated heterocycles. The average molecular weight is 442 g/mol. The molecular formula is C22H21F3N6O. The molecule has 0 atom stereocenters. The molecule has 1 aromatic carbocycles. The lowest BCUT2D eigenvalue weighted by Gasteiger charge is -2.33. The number of benzene rings is 1. The van der Waals surface area contributed by atoms with Gasteiger partial charge in [-0.25, -0.2) is 9.67 Å². The number of piperidine rings is 1. The molecule has 32 heavy (non-hydrogen) atoms. The van der Waals surface area contributed by atoms with E-state index >= 15 is 0 Å². The topological polar surface area (TPSA) is 61.0 Å². The maximum absolute atomic E-state index is 12.8. The van der Waals surface area contributed by atoms with E-state index in [2.05, 4.69) is 20.0 Å². The van der Waals surface area contributed by atoms with Gasteiger partial charge >= 0.3 is 6.18 Å². The van der Waals surface area contributed by atoms with E-state index < -0.39 is 12.7 Å². The number of ether oxygens (including phenoxy) is 1. The first-order valence-electron chi connectivity index (χ1n) is 10.3. The number of fused-ring (bicyclic) bond motifs is 1. The summed E-state index contributed by atoms with van der Waals surface area (Å²) in [6, 6.07) is 8.74. The Kier molecular flexibility index (Phi) is 5.20. The summed E-state index contributed by atoms with van der Waals surface area (Å²) in [6.07, 6.45) is 5.61. The van der Waals surface area contributed by atoms with Gasteiger partial charge in [-0.15, -0.1) is 0 Å². The Morgan fingerprint density at radius 2 is 1.81 bits per heavy atom. The second-order valence-electron chi connectivity index (χ2n) is 7.74. The molecule has 1 fully saturated rings. The maximum atomic E-state index is 12.8. The van der Waals surface area contributed by atoms with E-state index in [1.54, 1.807) is 41.5 Å². The molecule has 3 aromatic heterocycles. The molecule has 1 aliphatic heterocycles. The predicted molar refractivity (Wildman–Crippen MR) is 113 cm³/mol. The van der Waals surface area contributed by atoms with Crippen LogP contribution in [0.5, 0.6) is 5.75 Å². The second-order valence-corrected chi connectivity index (χ2v) is 7.74. The van der Waals surface area contributed by atoms with Crippen LogP contribution in [0.2, 0.25) is 0 Å². The summed E-state index contributed by atoms with van der Waals surface area (Å²) in [4.78, 5) is 11.1. The van der Waals surface area contributed by atoms with Crippen LogP contribution in [0.15, 0.2) is 61.3 Å². The van der Waals surface area contributed by atoms with E-state index in [1.165, 1.54) is 10.8 Å². The fourth-order valence-electron chi connectivity index (χ4n) is 4.02. The molecule has 0 aliphatic carbocycles. The zero-order valence-electron chi connectivity index (χ0n) is 17.1. The summed E-state index contributed by atoms with van der Waals surface area (Å²) in [7, 11) is 0. The molecule has 166 valence electrons. The van der Waals surface area contributed by atoms with Crippen LogP contribution >= 0.6 is 0 Å². The van der Waals surface area contributed by atoms with Crippen molar-refractivity contribution >= 4 is 16.7 Å². The van der Waals surface area contributed by atoms with Crippen LogP contribution in [0.3, 0.4) is 0 Å². The lowest BCUT2D eigenvalue weighted by molar-refractivity contribution is -0.139. The van der Waals surface area contributed by atoms with Gasteiger partial charge in [0.2, 0.25) is 0 Å². The maximum Gasteiger partial charge on any atom is 0.406 e. The molecule has 1 aliphatic rings. The molecule has 0 saturated carbocycles. The van der Waals surface area contributed by atoms with E-state index in [-0.39, 0.29) is 6.10 Å². The number of hydrogen-bond acceptors (Lipinski definition) is 5. The molecule has 0 unspecified atom stereocenters. The van der Waals surface area contributed by atoms with Gasteiger partial charge in [-0.1, -0.05) is 6.07 Å². The minimum Gasteiger partial charge on any atom is -0.490 e. The van der Waals surface area contributed by atoms with Crippen LogP contribution in [0.25, 0.3) is 16.7 Å². The van der Waals surface area contributed by atoms with E-state index in [0.29, 0.717) is 22.5 Å². The predicted octanol–water partition coefficient (Wildman–Crippen LogP) is 4.23. The van der Waals surface area contributed by atoms with Gasteiger partial charge in [0.25, 0.3) is 0 Å². The summed E-state index contributed by atoms with van der Waals surface area (Å²) in [5.74, 6) is 2.05. The summed E-state index contributed by atoms with van der Waals surface area (Å²) in [5, 5.41) is 4.88. The third-order valence-electron chi connectivity index (χ3n) is 5.53. The van der Waals surface area contributed by atoms with E-state index in [9.17, 15) is 13.2 Å². The highest BCUT2D eigenvalue weighted by atomic mass is 19.4. The fourth-order valence-corrected chi connectivity index (χ4v) is 4.02. The van der Waals surface area contributed by atoms with Crippen molar-refractivity contribution in [1.29, 1.82) is 0 Å². The summed E-state index contributed by atoms with van der Waals surface area (Å²) < 4.78 is 47.6. The van der Waals surface area contributed by atoms with Crippen LogP contribution in [0.1, 0.15) is 12.8 Å². The minimum atomic E-state index is -4.27. The first kappa shape index (κ1) is 20.3. The number of anilines is 1. The summed E-state index contributed by atoms with van der Waals surface area (Å²) >= 11 is 0. The lowest BCUT2D eigenvalue weighted by atomic mass is 10.1. The van der Waals surface area contributed by atoms with E-state index in [1.807, 2.05) is 18.3 Å². The van der Waals surface area contributed by atoms with Gasteiger partial charge in [0.15, 0.2) is 5.82 Å². The summed E-state index contributed by atoms with van der Waals surface area (Å²) in [6.45, 7) is 0.469. The molecule has 0 spiro atoms. The number of halogens is 3. The molecule has 4 heterocycles. The molecule has 5 rings (SSSR count). The van der Waals surface area contributed by atoms with Gasteiger partial charge in [0.1, 0.15) is 24.2 Å². The van der Waals surface area contributed by atoms with E-state index in [4.69, 9.17) is 4.74 Å². The number of alkyl halides is 3. The highest BCUT2D eigenvalue weighted by Crippen LogP contribution is 2.31. The molecule has 0 N–H and O–H groups in total. The fraction of sp³-hybridized carbons (Fsp3) is 0.318. The van der Waals surface area contributed by atoms with Crippen LogP contribution in [0.4, 0.5) is 19.0 Å². The Bertz CT molecular complexity index is 1200. The Labute approximate surface area is 182 Å². The third-order valence-corrected chi connectivity index (χ3v) is 5.53. The van der Waals surface area contributed by atoms with Crippen LogP contribution in [-0.2, 0) is 6.54 Å². The van der Waals surface area contributed by atoms with Crippen molar-refractivity contribution in [2.24, 2.45) is 0 Å². The largest absolute Gasteiger partial charge is 0.490 e. The summed E-state index contributed by atoms with van der Waals surface area (Å²) in [5.41, 5.74) is 0.517. The molecule has 10 heteroatoms. The second kappa shape index (κ2) is 8.18. The minimum absolute atomic E-state index is 0.0231. The zero-order valence-corrected chi connectivity index (χ0v) is 17.1. The first-order valence-corrected chi connectivity index (χ1v) is 10.3. The Morgan fingerprint density at radius 3 is 2.56 bits per heavy atom. The normalized spacial score (nSPS) is 15.4. The number of hydrogen-bond donors (Lipinski definition) is 0. The van der Waals surface area contributed by atoms with Gasteiger partial charge in [-0.05, 0) is 24.3 Å². The van der Waals surface area contributed by atoms with Gasteiger partial charge < -0.3 is 14.2 Å². The quantitative estimate of drug-likeness (QED) is 0.463. The van der Waals surface area contributed by atoms with Crippen molar-refractivity contribution in [2.75, 3.05) is 18.0 Å². The van der Waals surface area contributed by atoms with Crippen molar-refractivity contribution in [2.45, 2.75) is 31.7 Å². The standard InChI is InChI=1S/C22H21F3N6O/c23-22(24,25)15-30-12-7-17-18(30)3-1-4-19(17)32-16-5-10-29(11-6-16)20-13-26-14-21(28-20)31-9-2-8-27-31/h1-4,7-9,12-14,16H,5-6,10-11,15H2. The van der Waals surface area contributed by atoms with Crippen LogP contribution < -0.4 is 9.64 Å². The van der Waals surface area contributed by atoms with Crippen LogP contribution in [-0.4, -0.2) is 49.7 Å². The highest BCUT2D eigenvalue weighted by molar-refractivity contribution is 5.86. The van der Waals surface area contributed by atoms with Gasteiger partial charge in [0.05, 0.1) is 17.9 Å². The van der Waals surface area contributed by atoms with Crippen molar-refractivity contribution < 1.29 is 17.9 Å².